The van der Waals surface area contributed by atoms with E-state index in [2.05, 4.69) is 11.4 Å². The van der Waals surface area contributed by atoms with Gasteiger partial charge in [-0.25, -0.2) is 0 Å². The van der Waals surface area contributed by atoms with Gasteiger partial charge in [0.2, 0.25) is 5.78 Å². The normalized spacial score (nSPS) is 21.9. The molecule has 5 heteroatoms. The number of carbonyl (C=O) groups is 1. The van der Waals surface area contributed by atoms with E-state index in [9.17, 15) is 4.79 Å². The zero-order valence-corrected chi connectivity index (χ0v) is 15.7. The van der Waals surface area contributed by atoms with E-state index in [1.807, 2.05) is 24.3 Å². The minimum Gasteiger partial charge on any atom is -0.493 e. The molecule has 3 unspecified atom stereocenters. The highest BCUT2D eigenvalue weighted by Gasteiger charge is 2.36. The summed E-state index contributed by atoms with van der Waals surface area (Å²) in [5.41, 5.74) is 3.16. The molecule has 0 aromatic heterocycles. The number of methoxy groups -OCH3 is 2. The SMILES string of the molecule is COc1ccccc1OC(OC)C(=O)c1cccc2c1CCC1CNCC21. The first-order valence-electron chi connectivity index (χ1n) is 9.42. The molecule has 1 fully saturated rings. The fourth-order valence-corrected chi connectivity index (χ4v) is 4.36. The summed E-state index contributed by atoms with van der Waals surface area (Å²) in [7, 11) is 3.07. The third-order valence-corrected chi connectivity index (χ3v) is 5.71. The van der Waals surface area contributed by atoms with Crippen molar-refractivity contribution in [3.63, 3.8) is 0 Å². The van der Waals surface area contributed by atoms with Crippen LogP contribution in [0.3, 0.4) is 0 Å². The van der Waals surface area contributed by atoms with Crippen LogP contribution in [-0.4, -0.2) is 39.4 Å². The fourth-order valence-electron chi connectivity index (χ4n) is 4.36. The molecule has 1 heterocycles. The van der Waals surface area contributed by atoms with Gasteiger partial charge in [0.25, 0.3) is 6.29 Å². The second-order valence-electron chi connectivity index (χ2n) is 7.14. The van der Waals surface area contributed by atoms with Crippen LogP contribution in [0.15, 0.2) is 42.5 Å². The zero-order valence-electron chi connectivity index (χ0n) is 15.7. The molecule has 2 aromatic carbocycles. The summed E-state index contributed by atoms with van der Waals surface area (Å²) in [5, 5.41) is 3.48. The topological polar surface area (TPSA) is 56.8 Å². The zero-order chi connectivity index (χ0) is 18.8. The molecule has 2 aromatic rings. The van der Waals surface area contributed by atoms with Crippen LogP contribution >= 0.6 is 0 Å². The molecule has 3 atom stereocenters. The highest BCUT2D eigenvalue weighted by molar-refractivity contribution is 6.00. The van der Waals surface area contributed by atoms with Crippen LogP contribution in [0, 0.1) is 5.92 Å². The molecule has 2 aliphatic rings. The Balaban J connectivity index is 1.63. The Morgan fingerprint density at radius 3 is 2.67 bits per heavy atom. The van der Waals surface area contributed by atoms with Crippen molar-refractivity contribution in [2.24, 2.45) is 5.92 Å². The van der Waals surface area contributed by atoms with Crippen molar-refractivity contribution in [2.75, 3.05) is 27.3 Å². The fraction of sp³-hybridized carbons (Fsp3) is 0.409. The smallest absolute Gasteiger partial charge is 0.264 e. The van der Waals surface area contributed by atoms with Crippen LogP contribution in [0.2, 0.25) is 0 Å². The maximum absolute atomic E-state index is 13.2. The van der Waals surface area contributed by atoms with Crippen LogP contribution < -0.4 is 14.8 Å². The number of nitrogens with one attached hydrogen (secondary N) is 1. The Morgan fingerprint density at radius 2 is 1.89 bits per heavy atom. The Morgan fingerprint density at radius 1 is 1.07 bits per heavy atom. The maximum atomic E-state index is 13.2. The van der Waals surface area contributed by atoms with E-state index >= 15 is 0 Å². The second-order valence-corrected chi connectivity index (χ2v) is 7.14. The third kappa shape index (κ3) is 3.33. The van der Waals surface area contributed by atoms with Gasteiger partial charge in [0.05, 0.1) is 7.11 Å². The molecule has 0 bridgehead atoms. The summed E-state index contributed by atoms with van der Waals surface area (Å²) >= 11 is 0. The summed E-state index contributed by atoms with van der Waals surface area (Å²) < 4.78 is 16.6. The third-order valence-electron chi connectivity index (χ3n) is 5.71. The Bertz CT molecular complexity index is 835. The monoisotopic (exact) mass is 367 g/mol. The van der Waals surface area contributed by atoms with Gasteiger partial charge in [-0.2, -0.15) is 0 Å². The number of hydrogen-bond donors (Lipinski definition) is 1. The first-order chi connectivity index (χ1) is 13.2. The Labute approximate surface area is 159 Å². The van der Waals surface area contributed by atoms with Crippen molar-refractivity contribution in [2.45, 2.75) is 25.0 Å². The number of para-hydroxylation sites is 2. The lowest BCUT2D eigenvalue weighted by atomic mass is 9.75. The van der Waals surface area contributed by atoms with Gasteiger partial charge in [-0.15, -0.1) is 0 Å². The van der Waals surface area contributed by atoms with Gasteiger partial charge >= 0.3 is 0 Å². The number of carbonyl (C=O) groups excluding carboxylic acids is 1. The molecule has 1 saturated heterocycles. The lowest BCUT2D eigenvalue weighted by Gasteiger charge is -2.29. The van der Waals surface area contributed by atoms with Gasteiger partial charge in [0.15, 0.2) is 11.5 Å². The summed E-state index contributed by atoms with van der Waals surface area (Å²) in [6.07, 6.45) is 1.03. The summed E-state index contributed by atoms with van der Waals surface area (Å²) in [5.74, 6) is 2.08. The van der Waals surface area contributed by atoms with E-state index in [4.69, 9.17) is 14.2 Å². The highest BCUT2D eigenvalue weighted by atomic mass is 16.7. The Kier molecular flexibility index (Phi) is 5.14. The second kappa shape index (κ2) is 7.71. The molecule has 4 rings (SSSR count). The maximum Gasteiger partial charge on any atom is 0.264 e. The molecule has 1 N–H and O–H groups in total. The van der Waals surface area contributed by atoms with Gasteiger partial charge in [0, 0.05) is 25.1 Å². The molecule has 142 valence electrons. The van der Waals surface area contributed by atoms with Gasteiger partial charge in [0.1, 0.15) is 0 Å². The average Bonchev–Trinajstić information content (AvgIpc) is 3.20. The number of ketones is 1. The van der Waals surface area contributed by atoms with Crippen LogP contribution in [0.1, 0.15) is 33.8 Å². The van der Waals surface area contributed by atoms with E-state index in [0.29, 0.717) is 28.9 Å². The molecule has 0 amide bonds. The number of ether oxygens (including phenoxy) is 3. The van der Waals surface area contributed by atoms with E-state index in [-0.39, 0.29) is 5.78 Å². The Hall–Kier alpha value is -2.37. The van der Waals surface area contributed by atoms with Gasteiger partial charge in [-0.3, -0.25) is 4.79 Å². The molecular formula is C22H25NO4. The van der Waals surface area contributed by atoms with E-state index < -0.39 is 6.29 Å². The van der Waals surface area contributed by atoms with Crippen LogP contribution in [0.25, 0.3) is 0 Å². The number of fused-ring (bicyclic) bond motifs is 3. The molecule has 0 spiro atoms. The molecular weight excluding hydrogens is 342 g/mol. The van der Waals surface area contributed by atoms with E-state index in [0.717, 1.165) is 31.5 Å². The van der Waals surface area contributed by atoms with Gasteiger partial charge < -0.3 is 19.5 Å². The lowest BCUT2D eigenvalue weighted by Crippen LogP contribution is -2.31. The number of Topliss-reactive ketones (excluding diaryl/α,β-unsaturated/α-hetero) is 1. The molecule has 0 saturated carbocycles. The standard InChI is InChI=1S/C22H25NO4/c1-25-19-8-3-4-9-20(19)27-22(26-2)21(24)17-7-5-6-15-16(17)11-10-14-12-23-13-18(14)15/h3-9,14,18,22-23H,10-13H2,1-2H3. The minimum absolute atomic E-state index is 0.148. The number of hydrogen-bond acceptors (Lipinski definition) is 5. The summed E-state index contributed by atoms with van der Waals surface area (Å²) in [4.78, 5) is 13.2. The van der Waals surface area contributed by atoms with Gasteiger partial charge in [-0.1, -0.05) is 30.3 Å². The molecule has 1 aliphatic heterocycles. The predicted octanol–water partition coefficient (Wildman–Crippen LogP) is 3.18. The van der Waals surface area contributed by atoms with Crippen molar-refractivity contribution in [3.8, 4) is 11.5 Å². The highest BCUT2D eigenvalue weighted by Crippen LogP contribution is 2.40. The molecule has 1 aliphatic carbocycles. The minimum atomic E-state index is -1.01. The van der Waals surface area contributed by atoms with Crippen molar-refractivity contribution in [1.29, 1.82) is 0 Å². The average molecular weight is 367 g/mol. The first kappa shape index (κ1) is 18.0. The molecule has 27 heavy (non-hydrogen) atoms. The van der Waals surface area contributed by atoms with Crippen LogP contribution in [0.5, 0.6) is 11.5 Å². The van der Waals surface area contributed by atoms with Crippen molar-refractivity contribution in [3.05, 3.63) is 59.2 Å². The molecule has 0 radical (unpaired) electrons. The van der Waals surface area contributed by atoms with Gasteiger partial charge in [-0.05, 0) is 48.6 Å². The predicted molar refractivity (Wildman–Crippen MR) is 103 cm³/mol. The van der Waals surface area contributed by atoms with Crippen molar-refractivity contribution < 1.29 is 19.0 Å². The number of benzene rings is 2. The largest absolute Gasteiger partial charge is 0.493 e. The quantitative estimate of drug-likeness (QED) is 0.628. The molecule has 5 nitrogen and oxygen atoms in total. The van der Waals surface area contributed by atoms with Crippen molar-refractivity contribution in [1.82, 2.24) is 5.32 Å². The van der Waals surface area contributed by atoms with E-state index in [1.165, 1.54) is 12.7 Å². The lowest BCUT2D eigenvalue weighted by molar-refractivity contribution is -0.0328. The van der Waals surface area contributed by atoms with Crippen molar-refractivity contribution >= 4 is 5.78 Å². The first-order valence-corrected chi connectivity index (χ1v) is 9.42. The number of rotatable bonds is 6. The van der Waals surface area contributed by atoms with Crippen LogP contribution in [-0.2, 0) is 11.2 Å². The van der Waals surface area contributed by atoms with Crippen LogP contribution in [0.4, 0.5) is 0 Å². The summed E-state index contributed by atoms with van der Waals surface area (Å²) in [6.45, 7) is 2.06. The van der Waals surface area contributed by atoms with E-state index in [1.54, 1.807) is 19.2 Å². The summed E-state index contributed by atoms with van der Waals surface area (Å²) in [6, 6.07) is 13.3.